The molecule has 5 aromatic rings. The molecule has 1 heterocycles. The minimum atomic E-state index is -3.36. The number of hydrogen-bond donors (Lipinski definition) is 1. The first kappa shape index (κ1) is 34.4. The topological polar surface area (TPSA) is 86.8 Å². The summed E-state index contributed by atoms with van der Waals surface area (Å²) in [6, 6.07) is 35.5. The predicted octanol–water partition coefficient (Wildman–Crippen LogP) is 8.76. The highest BCUT2D eigenvalue weighted by molar-refractivity contribution is 7.92. The molecule has 0 amide bonds. The second kappa shape index (κ2) is 15.8. The van der Waals surface area contributed by atoms with Crippen LogP contribution < -0.4 is 14.2 Å². The van der Waals surface area contributed by atoms with E-state index in [1.807, 2.05) is 97.1 Å². The lowest BCUT2D eigenvalue weighted by Gasteiger charge is -2.24. The Morgan fingerprint density at radius 1 is 0.729 bits per heavy atom. The van der Waals surface area contributed by atoms with E-state index in [0.717, 1.165) is 45.2 Å². The average Bonchev–Trinajstić information content (AvgIpc) is 3.07. The molecule has 7 nitrogen and oxygen atoms in total. The molecular formula is C40H42N2O5S. The summed E-state index contributed by atoms with van der Waals surface area (Å²) >= 11 is 0. The van der Waals surface area contributed by atoms with Gasteiger partial charge in [0.1, 0.15) is 19.0 Å². The number of ether oxygens (including phenoxy) is 3. The molecule has 48 heavy (non-hydrogen) atoms. The Labute approximate surface area is 284 Å². The summed E-state index contributed by atoms with van der Waals surface area (Å²) in [6.45, 7) is 8.16. The fourth-order valence-corrected chi connectivity index (χ4v) is 5.60. The summed E-state index contributed by atoms with van der Waals surface area (Å²) < 4.78 is 44.7. The third kappa shape index (κ3) is 10.0. The third-order valence-corrected chi connectivity index (χ3v) is 8.12. The van der Waals surface area contributed by atoms with Crippen LogP contribution in [0.2, 0.25) is 0 Å². The summed E-state index contributed by atoms with van der Waals surface area (Å²) in [5.74, 6) is 1.21. The van der Waals surface area contributed by atoms with Gasteiger partial charge in [-0.05, 0) is 64.1 Å². The molecular weight excluding hydrogens is 621 g/mol. The zero-order valence-electron chi connectivity index (χ0n) is 27.8. The fraction of sp³-hybridized carbons (Fsp3) is 0.225. The van der Waals surface area contributed by atoms with E-state index < -0.39 is 10.0 Å². The van der Waals surface area contributed by atoms with E-state index in [-0.39, 0.29) is 5.41 Å². The first-order valence-electron chi connectivity index (χ1n) is 15.9. The molecule has 0 bridgehead atoms. The third-order valence-electron chi connectivity index (χ3n) is 7.52. The number of pyridine rings is 1. The second-order valence-corrected chi connectivity index (χ2v) is 14.3. The van der Waals surface area contributed by atoms with Gasteiger partial charge in [-0.15, -0.1) is 0 Å². The van der Waals surface area contributed by atoms with Crippen molar-refractivity contribution in [2.24, 2.45) is 0 Å². The van der Waals surface area contributed by atoms with Crippen molar-refractivity contribution in [3.8, 4) is 22.8 Å². The van der Waals surface area contributed by atoms with Crippen LogP contribution in [0, 0.1) is 0 Å². The number of nitrogens with zero attached hydrogens (tertiary/aromatic N) is 1. The van der Waals surface area contributed by atoms with Gasteiger partial charge >= 0.3 is 0 Å². The summed E-state index contributed by atoms with van der Waals surface area (Å²) in [7, 11) is -3.36. The summed E-state index contributed by atoms with van der Waals surface area (Å²) in [6.07, 6.45) is 6.89. The summed E-state index contributed by atoms with van der Waals surface area (Å²) in [4.78, 5) is 4.63. The van der Waals surface area contributed by atoms with Crippen molar-refractivity contribution in [3.63, 3.8) is 0 Å². The zero-order chi connectivity index (χ0) is 34.0. The zero-order valence-corrected chi connectivity index (χ0v) is 28.7. The molecule has 1 N–H and O–H groups in total. The molecule has 248 valence electrons. The van der Waals surface area contributed by atoms with Crippen molar-refractivity contribution in [1.82, 2.24) is 4.98 Å². The lowest BCUT2D eigenvalue weighted by atomic mass is 9.83. The van der Waals surface area contributed by atoms with Crippen LogP contribution in [0.4, 0.5) is 5.69 Å². The molecule has 0 saturated heterocycles. The number of hydrogen-bond acceptors (Lipinski definition) is 6. The van der Waals surface area contributed by atoms with Gasteiger partial charge in [0.25, 0.3) is 0 Å². The number of nitrogens with one attached hydrogen (secondary N) is 1. The van der Waals surface area contributed by atoms with E-state index >= 15 is 0 Å². The molecule has 0 spiro atoms. The Kier molecular flexibility index (Phi) is 11.3. The maximum atomic E-state index is 11.7. The highest BCUT2D eigenvalue weighted by Gasteiger charge is 2.22. The van der Waals surface area contributed by atoms with Crippen molar-refractivity contribution >= 4 is 27.9 Å². The first-order chi connectivity index (χ1) is 23.0. The molecule has 1 aromatic heterocycles. The minimum Gasteiger partial charge on any atom is -0.490 e. The predicted molar refractivity (Wildman–Crippen MR) is 195 cm³/mol. The van der Waals surface area contributed by atoms with Crippen molar-refractivity contribution in [3.05, 3.63) is 143 Å². The van der Waals surface area contributed by atoms with Gasteiger partial charge in [0, 0.05) is 28.6 Å². The smallest absolute Gasteiger partial charge is 0.229 e. The first-order valence-corrected chi connectivity index (χ1v) is 17.8. The van der Waals surface area contributed by atoms with E-state index in [9.17, 15) is 8.42 Å². The van der Waals surface area contributed by atoms with Crippen LogP contribution in [0.15, 0.2) is 115 Å². The van der Waals surface area contributed by atoms with Crippen molar-refractivity contribution in [1.29, 1.82) is 0 Å². The van der Waals surface area contributed by atoms with Gasteiger partial charge in [0.05, 0.1) is 19.5 Å². The SMILES string of the molecule is CC(C)(C)c1cc(/C=C/c2ccc(NS(C)(=O)=O)cc2)c(OCCOCc2ccccc2)c(-c2cccnc2OCc2ccccc2)c1. The van der Waals surface area contributed by atoms with Gasteiger partial charge < -0.3 is 14.2 Å². The van der Waals surface area contributed by atoms with E-state index in [0.29, 0.717) is 43.7 Å². The minimum absolute atomic E-state index is 0.166. The van der Waals surface area contributed by atoms with Crippen LogP contribution in [0.25, 0.3) is 23.3 Å². The fourth-order valence-electron chi connectivity index (χ4n) is 5.04. The van der Waals surface area contributed by atoms with Crippen LogP contribution in [0.5, 0.6) is 11.6 Å². The van der Waals surface area contributed by atoms with Gasteiger partial charge in [-0.2, -0.15) is 0 Å². The highest BCUT2D eigenvalue weighted by Crippen LogP contribution is 2.42. The molecule has 5 rings (SSSR count). The molecule has 0 radical (unpaired) electrons. The Morgan fingerprint density at radius 2 is 1.40 bits per heavy atom. The molecule has 0 fully saturated rings. The Balaban J connectivity index is 1.51. The molecule has 0 aliphatic carbocycles. The van der Waals surface area contributed by atoms with E-state index in [2.05, 4.69) is 42.6 Å². The van der Waals surface area contributed by atoms with Crippen molar-refractivity contribution in [2.75, 3.05) is 24.2 Å². The number of benzene rings is 4. The largest absolute Gasteiger partial charge is 0.490 e. The molecule has 0 unspecified atom stereocenters. The lowest BCUT2D eigenvalue weighted by molar-refractivity contribution is 0.0890. The van der Waals surface area contributed by atoms with E-state index in [4.69, 9.17) is 14.2 Å². The molecule has 0 saturated carbocycles. The van der Waals surface area contributed by atoms with Gasteiger partial charge in [-0.3, -0.25) is 4.72 Å². The number of rotatable bonds is 14. The van der Waals surface area contributed by atoms with Crippen molar-refractivity contribution < 1.29 is 22.6 Å². The standard InChI is InChI=1S/C40H42N2O5S/c1-40(2,3)34-26-33(20-17-30-18-21-35(22-19-30)42-48(4,43)44)38(46-25-24-45-28-31-12-7-5-8-13-31)37(27-34)36-16-11-23-41-39(36)47-29-32-14-9-6-10-15-32/h5-23,26-27,42H,24-25,28-29H2,1-4H3/b20-17+. The quantitative estimate of drug-likeness (QED) is 0.0945. The Morgan fingerprint density at radius 3 is 2.04 bits per heavy atom. The summed E-state index contributed by atoms with van der Waals surface area (Å²) in [5.41, 5.74) is 7.09. The number of sulfonamides is 1. The molecule has 8 heteroatoms. The van der Waals surface area contributed by atoms with Gasteiger partial charge in [-0.1, -0.05) is 106 Å². The van der Waals surface area contributed by atoms with Crippen LogP contribution in [0.3, 0.4) is 0 Å². The van der Waals surface area contributed by atoms with Crippen molar-refractivity contribution in [2.45, 2.75) is 39.4 Å². The molecule has 0 aliphatic heterocycles. The maximum absolute atomic E-state index is 11.7. The molecule has 0 atom stereocenters. The van der Waals surface area contributed by atoms with Gasteiger partial charge in [-0.25, -0.2) is 13.4 Å². The van der Waals surface area contributed by atoms with Crippen LogP contribution in [-0.2, 0) is 33.4 Å². The highest BCUT2D eigenvalue weighted by atomic mass is 32.2. The molecule has 4 aromatic carbocycles. The molecule has 0 aliphatic rings. The Bertz CT molecular complexity index is 1920. The second-order valence-electron chi connectivity index (χ2n) is 12.5. The normalized spacial score (nSPS) is 11.8. The van der Waals surface area contributed by atoms with Crippen LogP contribution >= 0.6 is 0 Å². The Hall–Kier alpha value is -4.92. The lowest BCUT2D eigenvalue weighted by Crippen LogP contribution is -2.13. The van der Waals surface area contributed by atoms with Crippen LogP contribution in [-0.4, -0.2) is 32.9 Å². The van der Waals surface area contributed by atoms with E-state index in [1.54, 1.807) is 18.3 Å². The number of anilines is 1. The monoisotopic (exact) mass is 662 g/mol. The van der Waals surface area contributed by atoms with Gasteiger partial charge in [0.2, 0.25) is 15.9 Å². The maximum Gasteiger partial charge on any atom is 0.229 e. The summed E-state index contributed by atoms with van der Waals surface area (Å²) in [5, 5.41) is 0. The van der Waals surface area contributed by atoms with Crippen LogP contribution in [0.1, 0.15) is 48.6 Å². The van der Waals surface area contributed by atoms with E-state index in [1.165, 1.54) is 0 Å². The number of aromatic nitrogens is 1. The van der Waals surface area contributed by atoms with Gasteiger partial charge in [0.15, 0.2) is 0 Å². The average molecular weight is 663 g/mol.